The third-order valence-corrected chi connectivity index (χ3v) is 5.14. The van der Waals surface area contributed by atoms with Crippen LogP contribution in [-0.4, -0.2) is 48.9 Å². The van der Waals surface area contributed by atoms with Gasteiger partial charge in [-0.15, -0.1) is 11.3 Å². The van der Waals surface area contributed by atoms with Gasteiger partial charge in [-0.1, -0.05) is 0 Å². The lowest BCUT2D eigenvalue weighted by atomic mass is 10.2. The molecular formula is C12H17BrN2OS. The Morgan fingerprint density at radius 1 is 1.71 bits per heavy atom. The largest absolute Gasteiger partial charge is 0.339 e. The van der Waals surface area contributed by atoms with Gasteiger partial charge in [0.05, 0.1) is 0 Å². The van der Waals surface area contributed by atoms with Crippen LogP contribution in [0.3, 0.4) is 0 Å². The Hall–Kier alpha value is -0.390. The monoisotopic (exact) mass is 316 g/mol. The molecule has 0 spiro atoms. The Kier molecular flexibility index (Phi) is 4.22. The van der Waals surface area contributed by atoms with Crippen LogP contribution in [-0.2, 0) is 0 Å². The number of likely N-dealkylation sites (tertiary alicyclic amines) is 1. The van der Waals surface area contributed by atoms with Crippen LogP contribution >= 0.6 is 27.3 Å². The van der Waals surface area contributed by atoms with Gasteiger partial charge in [0.15, 0.2) is 0 Å². The number of likely N-dealkylation sites (N-methyl/N-ethyl adjacent to an activating group) is 2. The summed E-state index contributed by atoms with van der Waals surface area (Å²) >= 11 is 4.91. The maximum Gasteiger partial charge on any atom is 0.264 e. The third kappa shape index (κ3) is 2.89. The first-order valence-corrected chi connectivity index (χ1v) is 7.45. The van der Waals surface area contributed by atoms with Crippen LogP contribution in [0.25, 0.3) is 0 Å². The predicted octanol–water partition coefficient (Wildman–Crippen LogP) is 2.68. The number of nitrogens with zero attached hydrogens (tertiary/aromatic N) is 2. The molecule has 0 N–H and O–H groups in total. The van der Waals surface area contributed by atoms with Crippen molar-refractivity contribution in [1.82, 2.24) is 9.80 Å². The summed E-state index contributed by atoms with van der Waals surface area (Å²) in [4.78, 5) is 17.2. The first-order valence-electron chi connectivity index (χ1n) is 5.78. The molecule has 17 heavy (non-hydrogen) atoms. The summed E-state index contributed by atoms with van der Waals surface area (Å²) in [6.45, 7) is 1.97. The van der Waals surface area contributed by atoms with E-state index in [-0.39, 0.29) is 5.91 Å². The fraction of sp³-hybridized carbons (Fsp3) is 0.583. The van der Waals surface area contributed by atoms with Crippen molar-refractivity contribution in [2.75, 3.05) is 27.2 Å². The molecular weight excluding hydrogens is 300 g/mol. The van der Waals surface area contributed by atoms with Gasteiger partial charge in [-0.25, -0.2) is 0 Å². The Morgan fingerprint density at radius 2 is 2.47 bits per heavy atom. The zero-order valence-electron chi connectivity index (χ0n) is 10.1. The van der Waals surface area contributed by atoms with Crippen molar-refractivity contribution in [3.8, 4) is 0 Å². The molecule has 2 heterocycles. The van der Waals surface area contributed by atoms with Crippen molar-refractivity contribution in [2.24, 2.45) is 0 Å². The molecule has 5 heteroatoms. The minimum atomic E-state index is 0.118. The summed E-state index contributed by atoms with van der Waals surface area (Å²) in [5, 5.41) is 1.94. The quantitative estimate of drug-likeness (QED) is 0.856. The maximum absolute atomic E-state index is 12.2. The van der Waals surface area contributed by atoms with Gasteiger partial charge < -0.3 is 9.80 Å². The Balaban J connectivity index is 1.98. The molecule has 1 atom stereocenters. The Labute approximate surface area is 115 Å². The molecule has 1 fully saturated rings. The number of thiophene rings is 1. The number of rotatable bonds is 3. The van der Waals surface area contributed by atoms with E-state index < -0.39 is 0 Å². The van der Waals surface area contributed by atoms with E-state index in [0.717, 1.165) is 22.4 Å². The average Bonchev–Trinajstić information content (AvgIpc) is 2.88. The highest BCUT2D eigenvalue weighted by atomic mass is 79.9. The minimum absolute atomic E-state index is 0.118. The van der Waals surface area contributed by atoms with Crippen LogP contribution < -0.4 is 0 Å². The van der Waals surface area contributed by atoms with E-state index in [0.29, 0.717) is 6.04 Å². The van der Waals surface area contributed by atoms with Gasteiger partial charge in [-0.2, -0.15) is 0 Å². The van der Waals surface area contributed by atoms with Crippen molar-refractivity contribution in [2.45, 2.75) is 18.9 Å². The molecule has 0 aromatic carbocycles. The van der Waals surface area contributed by atoms with E-state index in [1.807, 2.05) is 23.4 Å². The fourth-order valence-corrected chi connectivity index (χ4v) is 3.76. The zero-order valence-corrected chi connectivity index (χ0v) is 12.6. The van der Waals surface area contributed by atoms with E-state index in [2.05, 4.69) is 27.9 Å². The van der Waals surface area contributed by atoms with Gasteiger partial charge >= 0.3 is 0 Å². The summed E-state index contributed by atoms with van der Waals surface area (Å²) in [5.74, 6) is 0.118. The lowest BCUT2D eigenvalue weighted by Gasteiger charge is -2.25. The molecule has 3 nitrogen and oxygen atoms in total. The average molecular weight is 317 g/mol. The second-order valence-corrected chi connectivity index (χ2v) is 6.33. The number of hydrogen-bond donors (Lipinski definition) is 0. The normalized spacial score (nSPS) is 20.8. The number of amides is 1. The second-order valence-electron chi connectivity index (χ2n) is 4.56. The van der Waals surface area contributed by atoms with Gasteiger partial charge in [0.1, 0.15) is 4.88 Å². The molecule has 1 aliphatic rings. The lowest BCUT2D eigenvalue weighted by molar-refractivity contribution is 0.0765. The van der Waals surface area contributed by atoms with E-state index in [9.17, 15) is 4.79 Å². The fourth-order valence-electron chi connectivity index (χ4n) is 2.23. The highest BCUT2D eigenvalue weighted by molar-refractivity contribution is 9.10. The van der Waals surface area contributed by atoms with Gasteiger partial charge in [-0.3, -0.25) is 4.79 Å². The number of halogens is 1. The summed E-state index contributed by atoms with van der Waals surface area (Å²) in [6, 6.07) is 2.44. The van der Waals surface area contributed by atoms with Crippen molar-refractivity contribution in [1.29, 1.82) is 0 Å². The number of carbonyl (C=O) groups excluding carboxylic acids is 1. The van der Waals surface area contributed by atoms with Gasteiger partial charge in [0.2, 0.25) is 0 Å². The predicted molar refractivity (Wildman–Crippen MR) is 74.6 cm³/mol. The summed E-state index contributed by atoms with van der Waals surface area (Å²) in [5.41, 5.74) is 0. The maximum atomic E-state index is 12.2. The van der Waals surface area contributed by atoms with Gasteiger partial charge in [0.25, 0.3) is 5.91 Å². The molecule has 0 aliphatic carbocycles. The van der Waals surface area contributed by atoms with Crippen LogP contribution in [0.2, 0.25) is 0 Å². The van der Waals surface area contributed by atoms with Crippen molar-refractivity contribution < 1.29 is 4.79 Å². The third-order valence-electron chi connectivity index (χ3n) is 3.31. The first kappa shape index (κ1) is 13.1. The van der Waals surface area contributed by atoms with E-state index in [1.54, 1.807) is 0 Å². The van der Waals surface area contributed by atoms with E-state index in [4.69, 9.17) is 0 Å². The van der Waals surface area contributed by atoms with Crippen LogP contribution in [0.4, 0.5) is 0 Å². The molecule has 0 radical (unpaired) electrons. The van der Waals surface area contributed by atoms with Crippen LogP contribution in [0.5, 0.6) is 0 Å². The molecule has 2 rings (SSSR count). The minimum Gasteiger partial charge on any atom is -0.339 e. The first-order chi connectivity index (χ1) is 8.09. The van der Waals surface area contributed by atoms with Crippen LogP contribution in [0, 0.1) is 0 Å². The SMILES string of the molecule is CN(CC1CCCN1C)C(=O)c1sccc1Br. The van der Waals surface area contributed by atoms with E-state index in [1.165, 1.54) is 24.2 Å². The molecule has 1 saturated heterocycles. The molecule has 1 aromatic rings. The molecule has 94 valence electrons. The number of carbonyl (C=O) groups is 1. The van der Waals surface area contributed by atoms with Crippen LogP contribution in [0.1, 0.15) is 22.5 Å². The Morgan fingerprint density at radius 3 is 3.00 bits per heavy atom. The summed E-state index contributed by atoms with van der Waals surface area (Å²) < 4.78 is 0.902. The molecule has 1 aromatic heterocycles. The van der Waals surface area contributed by atoms with Crippen molar-refractivity contribution in [3.05, 3.63) is 20.8 Å². The second kappa shape index (κ2) is 5.50. The molecule has 1 unspecified atom stereocenters. The number of hydrogen-bond acceptors (Lipinski definition) is 3. The highest BCUT2D eigenvalue weighted by Crippen LogP contribution is 2.24. The van der Waals surface area contributed by atoms with Gasteiger partial charge in [0, 0.05) is 24.1 Å². The molecule has 0 saturated carbocycles. The standard InChI is InChI=1S/C12H17BrN2OS/c1-14-6-3-4-9(14)8-15(2)12(16)11-10(13)5-7-17-11/h5,7,9H,3-4,6,8H2,1-2H3. The summed E-state index contributed by atoms with van der Waals surface area (Å²) in [7, 11) is 4.03. The Bertz CT molecular complexity index is 407. The highest BCUT2D eigenvalue weighted by Gasteiger charge is 2.25. The molecule has 1 aliphatic heterocycles. The topological polar surface area (TPSA) is 23.6 Å². The smallest absolute Gasteiger partial charge is 0.264 e. The lowest BCUT2D eigenvalue weighted by Crippen LogP contribution is -2.39. The molecule has 0 bridgehead atoms. The van der Waals surface area contributed by atoms with E-state index >= 15 is 0 Å². The van der Waals surface area contributed by atoms with Crippen LogP contribution in [0.15, 0.2) is 15.9 Å². The van der Waals surface area contributed by atoms with Gasteiger partial charge in [-0.05, 0) is 53.8 Å². The van der Waals surface area contributed by atoms with Crippen molar-refractivity contribution >= 4 is 33.2 Å². The summed E-state index contributed by atoms with van der Waals surface area (Å²) in [6.07, 6.45) is 2.44. The van der Waals surface area contributed by atoms with Crippen molar-refractivity contribution in [3.63, 3.8) is 0 Å². The molecule has 1 amide bonds. The zero-order chi connectivity index (χ0) is 12.4.